The zero-order valence-electron chi connectivity index (χ0n) is 34.0. The van der Waals surface area contributed by atoms with Gasteiger partial charge in [-0.15, -0.1) is 0 Å². The molecule has 0 amide bonds. The normalized spacial score (nSPS) is 39.0. The first-order chi connectivity index (χ1) is 23.6. The van der Waals surface area contributed by atoms with Gasteiger partial charge in [-0.2, -0.15) is 0 Å². The molecule has 0 spiro atoms. The van der Waals surface area contributed by atoms with Crippen LogP contribution in [0.4, 0.5) is 0 Å². The number of hydrogen-bond acceptors (Lipinski definition) is 4. The van der Waals surface area contributed by atoms with Crippen LogP contribution in [0.2, 0.25) is 18.1 Å². The fraction of sp³-hybridized carbons (Fsp3) is 0.867. The van der Waals surface area contributed by atoms with Gasteiger partial charge in [-0.05, 0) is 159 Å². The molecule has 284 valence electrons. The van der Waals surface area contributed by atoms with Crippen LogP contribution in [-0.4, -0.2) is 39.5 Å². The Kier molecular flexibility index (Phi) is 12.1. The second-order valence-corrected chi connectivity index (χ2v) is 25.1. The van der Waals surface area contributed by atoms with Crippen LogP contribution < -0.4 is 0 Å². The van der Waals surface area contributed by atoms with Gasteiger partial charge in [0.25, 0.3) is 0 Å². The molecule has 1 heterocycles. The summed E-state index contributed by atoms with van der Waals surface area (Å²) in [5.41, 5.74) is 2.11. The molecule has 0 radical (unpaired) electrons. The number of benzene rings is 1. The van der Waals surface area contributed by atoms with Gasteiger partial charge in [-0.3, -0.25) is 0 Å². The number of rotatable bonds is 12. The van der Waals surface area contributed by atoms with Crippen LogP contribution in [0.3, 0.4) is 0 Å². The van der Waals surface area contributed by atoms with Gasteiger partial charge in [-0.25, -0.2) is 0 Å². The van der Waals surface area contributed by atoms with E-state index >= 15 is 0 Å². The third-order valence-corrected chi connectivity index (χ3v) is 20.6. The van der Waals surface area contributed by atoms with Crippen LogP contribution in [0.25, 0.3) is 0 Å². The van der Waals surface area contributed by atoms with Crippen LogP contribution in [-0.2, 0) is 25.2 Å². The van der Waals surface area contributed by atoms with Crippen molar-refractivity contribution in [1.29, 1.82) is 0 Å². The minimum Gasteiger partial charge on any atom is -0.414 e. The molecule has 1 aromatic carbocycles. The quantitative estimate of drug-likeness (QED) is 0.160. The highest BCUT2D eigenvalue weighted by Gasteiger charge is 2.63. The number of ether oxygens (including phenoxy) is 3. The Morgan fingerprint density at radius 1 is 0.860 bits per heavy atom. The van der Waals surface area contributed by atoms with E-state index in [-0.39, 0.29) is 11.3 Å². The monoisotopic (exact) mass is 709 g/mol. The molecule has 0 aromatic heterocycles. The third kappa shape index (κ3) is 8.03. The maximum Gasteiger partial charge on any atom is 0.192 e. The van der Waals surface area contributed by atoms with Gasteiger partial charge in [-0.1, -0.05) is 85.7 Å². The summed E-state index contributed by atoms with van der Waals surface area (Å²) in [6.45, 7) is 26.4. The van der Waals surface area contributed by atoms with Gasteiger partial charge in [0.1, 0.15) is 0 Å². The largest absolute Gasteiger partial charge is 0.414 e. The standard InChI is InChI=1S/C45H76O4Si/c1-31(2)39(49-50(9,10)43(4,5)6)22-19-32(3)36-20-21-37-42-38(24-26-45(36,37)8)44(7)25-23-35(48-41-18-14-15-27-46-41)28-34(44)29-40(42)47-30-33-16-12-11-13-17-33/h11-13,16-17,31-32,34-42H,14-15,18-30H2,1-10H3/t32-,34-,35+,36-,37+,38+,39?,40-,41?,42+,44+,45-/m1/s1. The van der Waals surface area contributed by atoms with E-state index < -0.39 is 8.32 Å². The lowest BCUT2D eigenvalue weighted by Crippen LogP contribution is -2.59. The van der Waals surface area contributed by atoms with E-state index in [1.807, 2.05) is 0 Å². The zero-order chi connectivity index (χ0) is 35.9. The Hall–Kier alpha value is -0.723. The van der Waals surface area contributed by atoms with Crippen molar-refractivity contribution in [1.82, 2.24) is 0 Å². The zero-order valence-corrected chi connectivity index (χ0v) is 35.0. The summed E-state index contributed by atoms with van der Waals surface area (Å²) in [5, 5.41) is 0.251. The lowest BCUT2D eigenvalue weighted by atomic mass is 9.43. The van der Waals surface area contributed by atoms with Gasteiger partial charge in [0.2, 0.25) is 0 Å². The first-order valence-electron chi connectivity index (χ1n) is 21.2. The molecule has 1 aliphatic heterocycles. The van der Waals surface area contributed by atoms with E-state index in [1.165, 1.54) is 82.6 Å². The van der Waals surface area contributed by atoms with E-state index in [2.05, 4.69) is 98.8 Å². The molecule has 50 heavy (non-hydrogen) atoms. The molecular weight excluding hydrogens is 633 g/mol. The molecule has 0 N–H and O–H groups in total. The predicted molar refractivity (Wildman–Crippen MR) is 209 cm³/mol. The maximum atomic E-state index is 7.17. The Morgan fingerprint density at radius 2 is 1.58 bits per heavy atom. The van der Waals surface area contributed by atoms with E-state index in [1.54, 1.807) is 0 Å². The smallest absolute Gasteiger partial charge is 0.192 e. The molecule has 4 saturated carbocycles. The molecule has 0 bridgehead atoms. The summed E-state index contributed by atoms with van der Waals surface area (Å²) in [6, 6.07) is 10.9. The topological polar surface area (TPSA) is 36.9 Å². The fourth-order valence-corrected chi connectivity index (χ4v) is 13.5. The molecule has 12 atom stereocenters. The molecule has 6 rings (SSSR count). The lowest BCUT2D eigenvalue weighted by Gasteiger charge is -2.63. The molecule has 4 nitrogen and oxygen atoms in total. The Labute approximate surface area is 309 Å². The molecule has 1 aromatic rings. The Bertz CT molecular complexity index is 1220. The van der Waals surface area contributed by atoms with Crippen LogP contribution >= 0.6 is 0 Å². The van der Waals surface area contributed by atoms with Crippen LogP contribution in [0.15, 0.2) is 30.3 Å². The Balaban J connectivity index is 1.18. The van der Waals surface area contributed by atoms with Gasteiger partial charge in [0.05, 0.1) is 18.8 Å². The average molecular weight is 709 g/mol. The molecule has 2 unspecified atom stereocenters. The van der Waals surface area contributed by atoms with E-state index in [0.29, 0.717) is 46.9 Å². The van der Waals surface area contributed by atoms with E-state index in [4.69, 9.17) is 18.6 Å². The summed E-state index contributed by atoms with van der Waals surface area (Å²) in [4.78, 5) is 0. The molecular formula is C45H76O4Si. The highest BCUT2D eigenvalue weighted by Crippen LogP contribution is 2.69. The van der Waals surface area contributed by atoms with E-state index in [9.17, 15) is 0 Å². The maximum absolute atomic E-state index is 7.17. The summed E-state index contributed by atoms with van der Waals surface area (Å²) in [5.74, 6) is 4.95. The van der Waals surface area contributed by atoms with Crippen LogP contribution in [0.1, 0.15) is 144 Å². The van der Waals surface area contributed by atoms with Gasteiger partial charge in [0, 0.05) is 12.7 Å². The molecule has 5 heteroatoms. The molecule has 4 aliphatic carbocycles. The predicted octanol–water partition coefficient (Wildman–Crippen LogP) is 12.2. The van der Waals surface area contributed by atoms with Crippen molar-refractivity contribution in [3.8, 4) is 0 Å². The fourth-order valence-electron chi connectivity index (χ4n) is 12.0. The van der Waals surface area contributed by atoms with E-state index in [0.717, 1.165) is 43.3 Å². The number of hydrogen-bond donors (Lipinski definition) is 0. The van der Waals surface area contributed by atoms with Crippen LogP contribution in [0, 0.1) is 52.3 Å². The van der Waals surface area contributed by atoms with Crippen molar-refractivity contribution >= 4 is 8.32 Å². The third-order valence-electron chi connectivity index (χ3n) is 16.1. The second-order valence-electron chi connectivity index (χ2n) is 20.3. The van der Waals surface area contributed by atoms with Crippen molar-refractivity contribution in [2.75, 3.05) is 6.61 Å². The number of fused-ring (bicyclic) bond motifs is 5. The minimum absolute atomic E-state index is 0.0156. The summed E-state index contributed by atoms with van der Waals surface area (Å²) >= 11 is 0. The van der Waals surface area contributed by atoms with Crippen molar-refractivity contribution < 1.29 is 18.6 Å². The average Bonchev–Trinajstić information content (AvgIpc) is 3.43. The lowest BCUT2D eigenvalue weighted by molar-refractivity contribution is -0.226. The SMILES string of the molecule is CC(C)C(CC[C@@H](C)[C@H]1CC[C@H]2[C@@H]3[C@H](OCc4ccccc4)C[C@H]4C[C@@H](OC5CCCCO5)CC[C@]4(C)[C@H]3CC[C@]12C)O[Si](C)(C)C(C)(C)C. The Morgan fingerprint density at radius 3 is 2.26 bits per heavy atom. The second kappa shape index (κ2) is 15.6. The summed E-state index contributed by atoms with van der Waals surface area (Å²) < 4.78 is 27.0. The van der Waals surface area contributed by atoms with Crippen LogP contribution in [0.5, 0.6) is 0 Å². The van der Waals surface area contributed by atoms with Gasteiger partial charge < -0.3 is 18.6 Å². The van der Waals surface area contributed by atoms with Gasteiger partial charge in [0.15, 0.2) is 14.6 Å². The van der Waals surface area contributed by atoms with Crippen molar-refractivity contribution in [2.24, 2.45) is 52.3 Å². The van der Waals surface area contributed by atoms with Crippen molar-refractivity contribution in [3.05, 3.63) is 35.9 Å². The van der Waals surface area contributed by atoms with Crippen molar-refractivity contribution in [3.63, 3.8) is 0 Å². The summed E-state index contributed by atoms with van der Waals surface area (Å²) in [6.07, 6.45) is 17.5. The highest BCUT2D eigenvalue weighted by molar-refractivity contribution is 6.74. The minimum atomic E-state index is -1.80. The molecule has 5 fully saturated rings. The molecule has 5 aliphatic rings. The highest BCUT2D eigenvalue weighted by atomic mass is 28.4. The summed E-state index contributed by atoms with van der Waals surface area (Å²) in [7, 11) is -1.80. The first kappa shape index (κ1) is 39.0. The van der Waals surface area contributed by atoms with Gasteiger partial charge >= 0.3 is 0 Å². The molecule has 1 saturated heterocycles. The van der Waals surface area contributed by atoms with Crippen molar-refractivity contribution in [2.45, 2.75) is 188 Å². The first-order valence-corrected chi connectivity index (χ1v) is 24.1.